The Bertz CT molecular complexity index is 641. The summed E-state index contributed by atoms with van der Waals surface area (Å²) in [4.78, 5) is 13.6. The highest BCUT2D eigenvalue weighted by Crippen LogP contribution is 2.27. The Hall–Kier alpha value is -2.10. The van der Waals surface area contributed by atoms with E-state index in [0.717, 1.165) is 23.5 Å². The van der Waals surface area contributed by atoms with Crippen LogP contribution >= 0.6 is 11.9 Å². The average molecular weight is 309 g/mol. The molecule has 0 saturated heterocycles. The molecule has 0 aromatic heterocycles. The van der Waals surface area contributed by atoms with E-state index in [-0.39, 0.29) is 5.78 Å². The van der Waals surface area contributed by atoms with Crippen molar-refractivity contribution in [1.29, 1.82) is 0 Å². The van der Waals surface area contributed by atoms with E-state index in [9.17, 15) is 4.79 Å². The minimum absolute atomic E-state index is 0.0425. The summed E-state index contributed by atoms with van der Waals surface area (Å²) < 4.78 is 2.11. The second-order valence-electron chi connectivity index (χ2n) is 4.71. The molecule has 112 valence electrons. The lowest BCUT2D eigenvalue weighted by molar-refractivity contribution is 0.103. The van der Waals surface area contributed by atoms with Crippen LogP contribution in [0.4, 0.5) is 0 Å². The highest BCUT2D eigenvalue weighted by atomic mass is 32.2. The maximum atomic E-state index is 12.7. The van der Waals surface area contributed by atoms with Gasteiger partial charge in [0.15, 0.2) is 5.78 Å². The zero-order valence-corrected chi connectivity index (χ0v) is 13.3. The Labute approximate surface area is 136 Å². The van der Waals surface area contributed by atoms with Crippen LogP contribution in [0.1, 0.15) is 15.9 Å². The summed E-state index contributed by atoms with van der Waals surface area (Å²) in [5.41, 5.74) is 1.42. The largest absolute Gasteiger partial charge is 0.289 e. The molecule has 3 heteroatoms. The fourth-order valence-corrected chi connectivity index (χ4v) is 3.09. The van der Waals surface area contributed by atoms with Gasteiger partial charge in [0.05, 0.1) is 0 Å². The predicted molar refractivity (Wildman–Crippen MR) is 94.1 cm³/mol. The third-order valence-electron chi connectivity index (χ3n) is 3.06. The van der Waals surface area contributed by atoms with Crippen molar-refractivity contribution >= 4 is 17.7 Å². The first-order chi connectivity index (χ1) is 10.8. The van der Waals surface area contributed by atoms with Crippen molar-refractivity contribution in [1.82, 2.24) is 4.31 Å². The van der Waals surface area contributed by atoms with Crippen LogP contribution in [0.15, 0.2) is 84.8 Å². The molecule has 0 radical (unpaired) electrons. The van der Waals surface area contributed by atoms with E-state index in [2.05, 4.69) is 17.5 Å². The van der Waals surface area contributed by atoms with E-state index in [0.29, 0.717) is 5.56 Å². The molecular weight excluding hydrogens is 290 g/mol. The number of ketones is 1. The molecule has 22 heavy (non-hydrogen) atoms. The quantitative estimate of drug-likeness (QED) is 0.404. The lowest BCUT2D eigenvalue weighted by Gasteiger charge is -2.19. The third kappa shape index (κ3) is 4.20. The van der Waals surface area contributed by atoms with Crippen LogP contribution in [0.25, 0.3) is 0 Å². The maximum Gasteiger partial charge on any atom is 0.194 e. The molecule has 2 aromatic carbocycles. The van der Waals surface area contributed by atoms with Gasteiger partial charge in [-0.05, 0) is 24.1 Å². The molecule has 2 rings (SSSR count). The van der Waals surface area contributed by atoms with Gasteiger partial charge < -0.3 is 0 Å². The molecule has 0 amide bonds. The summed E-state index contributed by atoms with van der Waals surface area (Å²) in [7, 11) is 0. The Kier molecular flexibility index (Phi) is 6.19. The average Bonchev–Trinajstić information content (AvgIpc) is 2.56. The van der Waals surface area contributed by atoms with Crippen LogP contribution in [-0.4, -0.2) is 23.2 Å². The first kappa shape index (κ1) is 16.3. The standard InChI is InChI=1S/C19H19NOS/c1-3-14-20(15-4-2)22-18-13-9-8-12-17(18)19(21)16-10-6-5-7-11-16/h3-13H,1-2,14-15H2. The fourth-order valence-electron chi connectivity index (χ4n) is 2.06. The monoisotopic (exact) mass is 309 g/mol. The number of hydrogen-bond donors (Lipinski definition) is 0. The van der Waals surface area contributed by atoms with Crippen molar-refractivity contribution in [2.24, 2.45) is 0 Å². The molecule has 0 heterocycles. The normalized spacial score (nSPS) is 10.4. The SMILES string of the molecule is C=CCN(CC=C)Sc1ccccc1C(=O)c1ccccc1. The molecule has 0 aliphatic heterocycles. The van der Waals surface area contributed by atoms with E-state index in [1.54, 1.807) is 11.9 Å². The Balaban J connectivity index is 2.28. The number of benzene rings is 2. The van der Waals surface area contributed by atoms with Crippen LogP contribution in [0.5, 0.6) is 0 Å². The maximum absolute atomic E-state index is 12.7. The molecule has 0 saturated carbocycles. The van der Waals surface area contributed by atoms with Gasteiger partial charge in [0.25, 0.3) is 0 Å². The molecule has 0 fully saturated rings. The topological polar surface area (TPSA) is 20.3 Å². The van der Waals surface area contributed by atoms with Gasteiger partial charge in [0, 0.05) is 29.1 Å². The van der Waals surface area contributed by atoms with Crippen molar-refractivity contribution in [3.05, 3.63) is 91.0 Å². The summed E-state index contributed by atoms with van der Waals surface area (Å²) in [6, 6.07) is 17.0. The third-order valence-corrected chi connectivity index (χ3v) is 4.17. The molecule has 0 N–H and O–H groups in total. The van der Waals surface area contributed by atoms with Crippen LogP contribution in [0.2, 0.25) is 0 Å². The smallest absolute Gasteiger partial charge is 0.194 e. The van der Waals surface area contributed by atoms with Crippen molar-refractivity contribution in [2.75, 3.05) is 13.1 Å². The molecule has 0 unspecified atom stereocenters. The molecule has 2 nitrogen and oxygen atoms in total. The van der Waals surface area contributed by atoms with E-state index in [4.69, 9.17) is 0 Å². The molecule has 0 bridgehead atoms. The second-order valence-corrected chi connectivity index (χ2v) is 5.85. The zero-order valence-electron chi connectivity index (χ0n) is 12.4. The van der Waals surface area contributed by atoms with Crippen molar-refractivity contribution < 1.29 is 4.79 Å². The van der Waals surface area contributed by atoms with Crippen molar-refractivity contribution in [3.8, 4) is 0 Å². The minimum Gasteiger partial charge on any atom is -0.289 e. The minimum atomic E-state index is 0.0425. The highest BCUT2D eigenvalue weighted by molar-refractivity contribution is 7.97. The summed E-state index contributed by atoms with van der Waals surface area (Å²) in [5, 5.41) is 0. The van der Waals surface area contributed by atoms with Gasteiger partial charge in [-0.2, -0.15) is 0 Å². The summed E-state index contributed by atoms with van der Waals surface area (Å²) in [6.45, 7) is 9.00. The van der Waals surface area contributed by atoms with Gasteiger partial charge in [0.1, 0.15) is 0 Å². The van der Waals surface area contributed by atoms with Crippen LogP contribution in [-0.2, 0) is 0 Å². The first-order valence-electron chi connectivity index (χ1n) is 7.09. The van der Waals surface area contributed by atoms with Crippen molar-refractivity contribution in [3.63, 3.8) is 0 Å². The van der Waals surface area contributed by atoms with Gasteiger partial charge in [-0.3, -0.25) is 4.79 Å². The molecular formula is C19H19NOS. The zero-order chi connectivity index (χ0) is 15.8. The number of hydrogen-bond acceptors (Lipinski definition) is 3. The van der Waals surface area contributed by atoms with Gasteiger partial charge in [-0.1, -0.05) is 54.6 Å². The number of nitrogens with zero attached hydrogens (tertiary/aromatic N) is 1. The van der Waals surface area contributed by atoms with Gasteiger partial charge >= 0.3 is 0 Å². The van der Waals surface area contributed by atoms with Crippen molar-refractivity contribution in [2.45, 2.75) is 4.90 Å². The molecule has 0 aliphatic rings. The molecule has 2 aromatic rings. The summed E-state index contributed by atoms with van der Waals surface area (Å²) in [6.07, 6.45) is 3.69. The molecule has 0 atom stereocenters. The Morgan fingerprint density at radius 3 is 2.18 bits per heavy atom. The molecule has 0 aliphatic carbocycles. The number of carbonyl (C=O) groups is 1. The van der Waals surface area contributed by atoms with Gasteiger partial charge in [-0.15, -0.1) is 13.2 Å². The Morgan fingerprint density at radius 1 is 0.955 bits per heavy atom. The second kappa shape index (κ2) is 8.37. The van der Waals surface area contributed by atoms with Crippen LogP contribution < -0.4 is 0 Å². The lowest BCUT2D eigenvalue weighted by atomic mass is 10.0. The summed E-state index contributed by atoms with van der Waals surface area (Å²) >= 11 is 1.56. The number of carbonyl (C=O) groups excluding carboxylic acids is 1. The van der Waals surface area contributed by atoms with Gasteiger partial charge in [0.2, 0.25) is 0 Å². The Morgan fingerprint density at radius 2 is 1.55 bits per heavy atom. The van der Waals surface area contributed by atoms with Gasteiger partial charge in [-0.25, -0.2) is 4.31 Å². The number of rotatable bonds is 8. The van der Waals surface area contributed by atoms with E-state index >= 15 is 0 Å². The van der Waals surface area contributed by atoms with Crippen LogP contribution in [0.3, 0.4) is 0 Å². The first-order valence-corrected chi connectivity index (χ1v) is 7.87. The summed E-state index contributed by atoms with van der Waals surface area (Å²) in [5.74, 6) is 0.0425. The predicted octanol–water partition coefficient (Wildman–Crippen LogP) is 4.60. The van der Waals surface area contributed by atoms with Crippen LogP contribution in [0, 0.1) is 0 Å². The van der Waals surface area contributed by atoms with E-state index in [1.807, 2.05) is 66.7 Å². The lowest BCUT2D eigenvalue weighted by Crippen LogP contribution is -2.16. The fraction of sp³-hybridized carbons (Fsp3) is 0.105. The van der Waals surface area contributed by atoms with E-state index < -0.39 is 0 Å². The highest BCUT2D eigenvalue weighted by Gasteiger charge is 2.15. The molecule has 0 spiro atoms. The van der Waals surface area contributed by atoms with E-state index in [1.165, 1.54) is 0 Å².